The minimum Gasteiger partial charge on any atom is -0.493 e. The Hall–Kier alpha value is -3.11. The second kappa shape index (κ2) is 9.80. The Labute approximate surface area is 200 Å². The third-order valence-corrected chi connectivity index (χ3v) is 7.47. The van der Waals surface area contributed by atoms with E-state index in [2.05, 4.69) is 21.2 Å². The van der Waals surface area contributed by atoms with Crippen molar-refractivity contribution < 1.29 is 22.7 Å². The first-order valence-corrected chi connectivity index (χ1v) is 12.1. The van der Waals surface area contributed by atoms with Gasteiger partial charge in [0.1, 0.15) is 11.4 Å². The average Bonchev–Trinajstić information content (AvgIpc) is 2.76. The number of hydrogen-bond acceptors (Lipinski definition) is 6. The predicted octanol–water partition coefficient (Wildman–Crippen LogP) is 3.72. The van der Waals surface area contributed by atoms with Gasteiger partial charge in [-0.2, -0.15) is 0 Å². The van der Waals surface area contributed by atoms with Crippen LogP contribution in [-0.2, 0) is 21.2 Å². The summed E-state index contributed by atoms with van der Waals surface area (Å²) in [5, 5.41) is 2.69. The zero-order valence-electron chi connectivity index (χ0n) is 18.5. The number of aromatic nitrogens is 1. The fourth-order valence-corrected chi connectivity index (χ4v) is 5.24. The zero-order valence-corrected chi connectivity index (χ0v) is 20.9. The molecule has 0 bridgehead atoms. The van der Waals surface area contributed by atoms with E-state index in [1.807, 2.05) is 0 Å². The van der Waals surface area contributed by atoms with Gasteiger partial charge in [0, 0.05) is 21.9 Å². The second-order valence-corrected chi connectivity index (χ2v) is 10.1. The highest BCUT2D eigenvalue weighted by Gasteiger charge is 2.26. The summed E-state index contributed by atoms with van der Waals surface area (Å²) in [4.78, 5) is 25.6. The SMILES string of the molecule is COc1ccc(NC(=O)Cn2c(C)cc(C)c(S(=O)(=O)c3ccc(Br)cc3)c2=O)cc1OC. The van der Waals surface area contributed by atoms with Gasteiger partial charge in [0.15, 0.2) is 11.5 Å². The first-order chi connectivity index (χ1) is 15.6. The van der Waals surface area contributed by atoms with Crippen molar-refractivity contribution in [2.24, 2.45) is 0 Å². The van der Waals surface area contributed by atoms with Crippen molar-refractivity contribution in [1.82, 2.24) is 4.57 Å². The number of aryl methyl sites for hydroxylation is 2. The summed E-state index contributed by atoms with van der Waals surface area (Å²) in [6.45, 7) is 2.85. The molecular formula is C23H23BrN2O6S. The number of methoxy groups -OCH3 is 2. The van der Waals surface area contributed by atoms with E-state index in [-0.39, 0.29) is 16.3 Å². The molecule has 0 atom stereocenters. The monoisotopic (exact) mass is 534 g/mol. The standard InChI is InChI=1S/C23H23BrN2O6S/c1-14-11-15(2)26(13-21(27)25-17-7-10-19(31-3)20(12-17)32-4)23(28)22(14)33(29,30)18-8-5-16(24)6-9-18/h5-12H,13H2,1-4H3,(H,25,27). The number of hydrogen-bond donors (Lipinski definition) is 1. The van der Waals surface area contributed by atoms with E-state index in [9.17, 15) is 18.0 Å². The minimum atomic E-state index is -4.08. The van der Waals surface area contributed by atoms with E-state index < -0.39 is 21.3 Å². The Kier molecular flexibility index (Phi) is 7.28. The van der Waals surface area contributed by atoms with Crippen LogP contribution < -0.4 is 20.3 Å². The van der Waals surface area contributed by atoms with E-state index in [0.29, 0.717) is 32.9 Å². The van der Waals surface area contributed by atoms with Crippen molar-refractivity contribution in [2.75, 3.05) is 19.5 Å². The number of anilines is 1. The summed E-state index contributed by atoms with van der Waals surface area (Å²) < 4.78 is 38.7. The van der Waals surface area contributed by atoms with Crippen molar-refractivity contribution in [3.8, 4) is 11.5 Å². The highest BCUT2D eigenvalue weighted by Crippen LogP contribution is 2.29. The van der Waals surface area contributed by atoms with Crippen LogP contribution in [0.2, 0.25) is 0 Å². The second-order valence-electron chi connectivity index (χ2n) is 7.26. The molecule has 3 rings (SSSR count). The maximum atomic E-state index is 13.2. The van der Waals surface area contributed by atoms with Crippen molar-refractivity contribution in [1.29, 1.82) is 0 Å². The fourth-order valence-electron chi connectivity index (χ4n) is 3.42. The molecular weight excluding hydrogens is 512 g/mol. The smallest absolute Gasteiger partial charge is 0.270 e. The van der Waals surface area contributed by atoms with Gasteiger partial charge in [-0.15, -0.1) is 0 Å². The third kappa shape index (κ3) is 5.12. The van der Waals surface area contributed by atoms with Crippen molar-refractivity contribution in [3.05, 3.63) is 74.6 Å². The molecule has 0 saturated heterocycles. The van der Waals surface area contributed by atoms with Gasteiger partial charge in [-0.3, -0.25) is 9.59 Å². The molecule has 0 unspecified atom stereocenters. The van der Waals surface area contributed by atoms with Crippen LogP contribution in [0.1, 0.15) is 11.3 Å². The van der Waals surface area contributed by atoms with Gasteiger partial charge in [0.05, 0.1) is 19.1 Å². The van der Waals surface area contributed by atoms with Gasteiger partial charge in [-0.25, -0.2) is 8.42 Å². The molecule has 174 valence electrons. The molecule has 0 saturated carbocycles. The number of ether oxygens (including phenoxy) is 2. The molecule has 8 nitrogen and oxygen atoms in total. The lowest BCUT2D eigenvalue weighted by Crippen LogP contribution is -2.33. The molecule has 0 spiro atoms. The molecule has 0 aliphatic heterocycles. The quantitative estimate of drug-likeness (QED) is 0.495. The Morgan fingerprint density at radius 1 is 1.00 bits per heavy atom. The van der Waals surface area contributed by atoms with Crippen molar-refractivity contribution in [3.63, 3.8) is 0 Å². The molecule has 0 radical (unpaired) electrons. The lowest BCUT2D eigenvalue weighted by Gasteiger charge is -2.15. The number of benzene rings is 2. The lowest BCUT2D eigenvalue weighted by atomic mass is 10.2. The van der Waals surface area contributed by atoms with Crippen LogP contribution in [0.15, 0.2) is 67.6 Å². The largest absolute Gasteiger partial charge is 0.493 e. The normalized spacial score (nSPS) is 11.2. The van der Waals surface area contributed by atoms with Crippen LogP contribution in [0.3, 0.4) is 0 Å². The number of pyridine rings is 1. The van der Waals surface area contributed by atoms with E-state index in [1.165, 1.54) is 26.4 Å². The maximum Gasteiger partial charge on any atom is 0.270 e. The van der Waals surface area contributed by atoms with Gasteiger partial charge in [0.2, 0.25) is 15.7 Å². The van der Waals surface area contributed by atoms with Gasteiger partial charge in [-0.1, -0.05) is 15.9 Å². The first kappa shape index (κ1) is 24.5. The van der Waals surface area contributed by atoms with Crippen LogP contribution in [0, 0.1) is 13.8 Å². The number of nitrogens with one attached hydrogen (secondary N) is 1. The summed E-state index contributed by atoms with van der Waals surface area (Å²) in [6.07, 6.45) is 0. The highest BCUT2D eigenvalue weighted by molar-refractivity contribution is 9.10. The first-order valence-electron chi connectivity index (χ1n) is 9.82. The van der Waals surface area contributed by atoms with Gasteiger partial charge in [-0.05, 0) is 61.9 Å². The molecule has 1 amide bonds. The van der Waals surface area contributed by atoms with E-state index >= 15 is 0 Å². The Morgan fingerprint density at radius 3 is 2.24 bits per heavy atom. The fraction of sp³-hybridized carbons (Fsp3) is 0.217. The number of rotatable bonds is 7. The van der Waals surface area contributed by atoms with E-state index in [0.717, 1.165) is 4.57 Å². The minimum absolute atomic E-state index is 0.00363. The van der Waals surface area contributed by atoms with Gasteiger partial charge < -0.3 is 19.4 Å². The molecule has 33 heavy (non-hydrogen) atoms. The van der Waals surface area contributed by atoms with Gasteiger partial charge >= 0.3 is 0 Å². The molecule has 3 aromatic rings. The Morgan fingerprint density at radius 2 is 1.64 bits per heavy atom. The molecule has 1 aromatic heterocycles. The number of carbonyl (C=O) groups is 1. The van der Waals surface area contributed by atoms with Crippen LogP contribution in [-0.4, -0.2) is 33.1 Å². The maximum absolute atomic E-state index is 13.2. The van der Waals surface area contributed by atoms with Crippen molar-refractivity contribution >= 4 is 37.4 Å². The highest BCUT2D eigenvalue weighted by atomic mass is 79.9. The summed E-state index contributed by atoms with van der Waals surface area (Å²) in [6, 6.07) is 12.5. The van der Waals surface area contributed by atoms with Crippen molar-refractivity contribution in [2.45, 2.75) is 30.2 Å². The molecule has 0 aliphatic rings. The lowest BCUT2D eigenvalue weighted by molar-refractivity contribution is -0.116. The summed E-state index contributed by atoms with van der Waals surface area (Å²) in [7, 11) is -1.10. The third-order valence-electron chi connectivity index (χ3n) is 5.01. The molecule has 0 aliphatic carbocycles. The summed E-state index contributed by atoms with van der Waals surface area (Å²) in [5.41, 5.74) is 0.475. The number of carbonyl (C=O) groups excluding carboxylic acids is 1. The number of nitrogens with zero attached hydrogens (tertiary/aromatic N) is 1. The molecule has 10 heteroatoms. The number of halogens is 1. The summed E-state index contributed by atoms with van der Waals surface area (Å²) in [5.74, 6) is 0.439. The zero-order chi connectivity index (χ0) is 24.3. The van der Waals surface area contributed by atoms with E-state index in [1.54, 1.807) is 50.2 Å². The van der Waals surface area contributed by atoms with E-state index in [4.69, 9.17) is 9.47 Å². The van der Waals surface area contributed by atoms with Crippen LogP contribution in [0.5, 0.6) is 11.5 Å². The summed E-state index contributed by atoms with van der Waals surface area (Å²) >= 11 is 3.27. The number of sulfone groups is 1. The Balaban J connectivity index is 1.96. The molecule has 1 N–H and O–H groups in total. The van der Waals surface area contributed by atoms with Crippen LogP contribution >= 0.6 is 15.9 Å². The molecule has 1 heterocycles. The molecule has 2 aromatic carbocycles. The topological polar surface area (TPSA) is 104 Å². The predicted molar refractivity (Wildman–Crippen MR) is 128 cm³/mol. The molecule has 0 fully saturated rings. The number of amides is 1. The van der Waals surface area contributed by atoms with Gasteiger partial charge in [0.25, 0.3) is 5.56 Å². The van der Waals surface area contributed by atoms with Crippen LogP contribution in [0.25, 0.3) is 0 Å². The van der Waals surface area contributed by atoms with Crippen LogP contribution in [0.4, 0.5) is 5.69 Å². The Bertz CT molecular complexity index is 1360. The average molecular weight is 535 g/mol.